The van der Waals surface area contributed by atoms with E-state index in [0.717, 1.165) is 49.7 Å². The minimum atomic E-state index is -0.138. The summed E-state index contributed by atoms with van der Waals surface area (Å²) in [6.07, 6.45) is 3.47. The number of carbonyl (C=O) groups excluding carboxylic acids is 1. The molecule has 0 radical (unpaired) electrons. The Labute approximate surface area is 159 Å². The molecule has 2 aliphatic rings. The number of nitrogens with one attached hydrogen (secondary N) is 1. The molecule has 1 N–H and O–H groups in total. The van der Waals surface area contributed by atoms with Gasteiger partial charge in [0.25, 0.3) is 5.91 Å². The Balaban J connectivity index is 1.82. The van der Waals surface area contributed by atoms with Crippen LogP contribution in [0.1, 0.15) is 11.1 Å². The first kappa shape index (κ1) is 18.6. The molecule has 0 unspecified atom stereocenters. The number of ether oxygens (including phenoxy) is 2. The van der Waals surface area contributed by atoms with Crippen molar-refractivity contribution in [3.8, 4) is 5.75 Å². The Kier molecular flexibility index (Phi) is 6.03. The summed E-state index contributed by atoms with van der Waals surface area (Å²) in [6, 6.07) is 5.92. The largest absolute Gasteiger partial charge is 0.496 e. The second-order valence-corrected chi connectivity index (χ2v) is 6.54. The number of rotatable bonds is 6. The number of hydrogen-bond acceptors (Lipinski definition) is 5. The first-order valence-electron chi connectivity index (χ1n) is 8.55. The number of nitrogens with zero attached hydrogens (tertiary/aromatic N) is 2. The third-order valence-corrected chi connectivity index (χ3v) is 4.71. The van der Waals surface area contributed by atoms with Gasteiger partial charge in [-0.15, -0.1) is 6.58 Å². The van der Waals surface area contributed by atoms with Crippen LogP contribution in [0.5, 0.6) is 5.75 Å². The summed E-state index contributed by atoms with van der Waals surface area (Å²) in [6.45, 7) is 8.15. The van der Waals surface area contributed by atoms with Crippen molar-refractivity contribution >= 4 is 29.3 Å². The van der Waals surface area contributed by atoms with Crippen molar-refractivity contribution in [3.63, 3.8) is 0 Å². The first-order valence-corrected chi connectivity index (χ1v) is 8.95. The SMILES string of the molecule is C=CCN1C(=O)C(=Cc2ccc(OC)c(CN3CCOCC3)c2)NC1=S. The van der Waals surface area contributed by atoms with Crippen LogP contribution in [0.4, 0.5) is 0 Å². The van der Waals surface area contributed by atoms with Crippen molar-refractivity contribution in [2.24, 2.45) is 0 Å². The highest BCUT2D eigenvalue weighted by molar-refractivity contribution is 7.80. The molecule has 0 aliphatic carbocycles. The fourth-order valence-electron chi connectivity index (χ4n) is 3.05. The molecule has 0 saturated carbocycles. The molecule has 2 saturated heterocycles. The number of methoxy groups -OCH3 is 1. The number of benzene rings is 1. The summed E-state index contributed by atoms with van der Waals surface area (Å²) in [7, 11) is 1.67. The van der Waals surface area contributed by atoms with Crippen LogP contribution in [-0.2, 0) is 16.1 Å². The number of morpholine rings is 1. The van der Waals surface area contributed by atoms with Crippen LogP contribution >= 0.6 is 12.2 Å². The average Bonchev–Trinajstić information content (AvgIpc) is 2.91. The van der Waals surface area contributed by atoms with Crippen molar-refractivity contribution in [2.45, 2.75) is 6.54 Å². The van der Waals surface area contributed by atoms with Gasteiger partial charge in [0.2, 0.25) is 0 Å². The second kappa shape index (κ2) is 8.44. The van der Waals surface area contributed by atoms with E-state index in [1.54, 1.807) is 13.2 Å². The molecule has 3 rings (SSSR count). The number of carbonyl (C=O) groups is 1. The van der Waals surface area contributed by atoms with Crippen LogP contribution in [0.25, 0.3) is 6.08 Å². The van der Waals surface area contributed by atoms with Gasteiger partial charge in [-0.3, -0.25) is 14.6 Å². The van der Waals surface area contributed by atoms with E-state index in [1.807, 2.05) is 18.2 Å². The number of amides is 1. The molecule has 6 nitrogen and oxygen atoms in total. The fourth-order valence-corrected chi connectivity index (χ4v) is 3.31. The van der Waals surface area contributed by atoms with E-state index in [2.05, 4.69) is 22.9 Å². The van der Waals surface area contributed by atoms with E-state index in [1.165, 1.54) is 4.90 Å². The maximum absolute atomic E-state index is 12.4. The molecule has 0 bridgehead atoms. The molecule has 1 aromatic rings. The summed E-state index contributed by atoms with van der Waals surface area (Å²) in [4.78, 5) is 16.3. The van der Waals surface area contributed by atoms with Gasteiger partial charge in [0.05, 0.1) is 20.3 Å². The lowest BCUT2D eigenvalue weighted by Crippen LogP contribution is -2.35. The second-order valence-electron chi connectivity index (χ2n) is 6.15. The molecule has 2 heterocycles. The van der Waals surface area contributed by atoms with E-state index in [-0.39, 0.29) is 5.91 Å². The Hall–Kier alpha value is -2.22. The lowest BCUT2D eigenvalue weighted by Gasteiger charge is -2.27. The summed E-state index contributed by atoms with van der Waals surface area (Å²) in [5, 5.41) is 3.39. The van der Waals surface area contributed by atoms with Crippen LogP contribution < -0.4 is 10.1 Å². The molecule has 1 aromatic carbocycles. The highest BCUT2D eigenvalue weighted by Crippen LogP contribution is 2.24. The molecule has 2 fully saturated rings. The van der Waals surface area contributed by atoms with E-state index in [9.17, 15) is 4.79 Å². The van der Waals surface area contributed by atoms with Gasteiger partial charge in [0.15, 0.2) is 5.11 Å². The van der Waals surface area contributed by atoms with Gasteiger partial charge in [0, 0.05) is 31.7 Å². The van der Waals surface area contributed by atoms with E-state index in [0.29, 0.717) is 17.4 Å². The third kappa shape index (κ3) is 4.12. The van der Waals surface area contributed by atoms with Crippen molar-refractivity contribution in [1.29, 1.82) is 0 Å². The van der Waals surface area contributed by atoms with Crippen molar-refractivity contribution in [2.75, 3.05) is 40.0 Å². The summed E-state index contributed by atoms with van der Waals surface area (Å²) in [5.74, 6) is 0.702. The minimum Gasteiger partial charge on any atom is -0.496 e. The van der Waals surface area contributed by atoms with Crippen LogP contribution in [-0.4, -0.2) is 60.8 Å². The predicted molar refractivity (Wildman–Crippen MR) is 105 cm³/mol. The smallest absolute Gasteiger partial charge is 0.276 e. The van der Waals surface area contributed by atoms with E-state index >= 15 is 0 Å². The quantitative estimate of drug-likeness (QED) is 0.466. The molecule has 0 aromatic heterocycles. The topological polar surface area (TPSA) is 54.0 Å². The van der Waals surface area contributed by atoms with Crippen molar-refractivity contribution in [3.05, 3.63) is 47.7 Å². The van der Waals surface area contributed by atoms with Gasteiger partial charge >= 0.3 is 0 Å². The normalized spacial score (nSPS) is 19.7. The fraction of sp³-hybridized carbons (Fsp3) is 0.368. The zero-order chi connectivity index (χ0) is 18.5. The molecular weight excluding hydrogens is 350 g/mol. The van der Waals surface area contributed by atoms with Crippen LogP contribution in [0, 0.1) is 0 Å². The van der Waals surface area contributed by atoms with Crippen LogP contribution in [0.15, 0.2) is 36.6 Å². The van der Waals surface area contributed by atoms with Gasteiger partial charge in [0.1, 0.15) is 11.4 Å². The zero-order valence-corrected chi connectivity index (χ0v) is 15.7. The average molecular weight is 373 g/mol. The third-order valence-electron chi connectivity index (χ3n) is 4.39. The first-order chi connectivity index (χ1) is 12.6. The molecule has 7 heteroatoms. The molecule has 1 amide bonds. The minimum absolute atomic E-state index is 0.138. The standard InChI is InChI=1S/C19H23N3O3S/c1-3-6-22-18(23)16(20-19(22)26)12-14-4-5-17(24-2)15(11-14)13-21-7-9-25-10-8-21/h3-5,11-12H,1,6-10,13H2,2H3,(H,20,26). The zero-order valence-electron chi connectivity index (χ0n) is 14.9. The van der Waals surface area contributed by atoms with Gasteiger partial charge in [-0.1, -0.05) is 12.1 Å². The van der Waals surface area contributed by atoms with Gasteiger partial charge < -0.3 is 14.8 Å². The molecule has 138 valence electrons. The molecule has 0 atom stereocenters. The Morgan fingerprint density at radius 3 is 2.85 bits per heavy atom. The lowest BCUT2D eigenvalue weighted by atomic mass is 10.1. The number of hydrogen-bond donors (Lipinski definition) is 1. The molecular formula is C19H23N3O3S. The summed E-state index contributed by atoms with van der Waals surface area (Å²) < 4.78 is 10.9. The van der Waals surface area contributed by atoms with Crippen molar-refractivity contribution < 1.29 is 14.3 Å². The summed E-state index contributed by atoms with van der Waals surface area (Å²) >= 11 is 5.22. The highest BCUT2D eigenvalue weighted by atomic mass is 32.1. The van der Waals surface area contributed by atoms with Gasteiger partial charge in [-0.2, -0.15) is 0 Å². The maximum Gasteiger partial charge on any atom is 0.276 e. The predicted octanol–water partition coefficient (Wildman–Crippen LogP) is 1.77. The molecule has 0 spiro atoms. The Morgan fingerprint density at radius 1 is 1.38 bits per heavy atom. The van der Waals surface area contributed by atoms with Crippen LogP contribution in [0.2, 0.25) is 0 Å². The van der Waals surface area contributed by atoms with Gasteiger partial charge in [-0.05, 0) is 36.0 Å². The number of thiocarbonyl (C=S) groups is 1. The molecule has 26 heavy (non-hydrogen) atoms. The Morgan fingerprint density at radius 2 is 2.15 bits per heavy atom. The van der Waals surface area contributed by atoms with E-state index < -0.39 is 0 Å². The lowest BCUT2D eigenvalue weighted by molar-refractivity contribution is -0.122. The summed E-state index contributed by atoms with van der Waals surface area (Å²) in [5.41, 5.74) is 2.48. The maximum atomic E-state index is 12.4. The molecule has 2 aliphatic heterocycles. The highest BCUT2D eigenvalue weighted by Gasteiger charge is 2.29. The van der Waals surface area contributed by atoms with E-state index in [4.69, 9.17) is 21.7 Å². The Bertz CT molecular complexity index is 742. The monoisotopic (exact) mass is 373 g/mol. The van der Waals surface area contributed by atoms with Gasteiger partial charge in [-0.25, -0.2) is 0 Å². The van der Waals surface area contributed by atoms with Crippen LogP contribution in [0.3, 0.4) is 0 Å². The van der Waals surface area contributed by atoms with Crippen molar-refractivity contribution in [1.82, 2.24) is 15.1 Å².